The van der Waals surface area contributed by atoms with Crippen LogP contribution in [0.1, 0.15) is 22.4 Å². The van der Waals surface area contributed by atoms with Gasteiger partial charge in [0.2, 0.25) is 0 Å². The SMILES string of the molecule is CCc1ccc(CNC(=NC)N(C)Cc2cccn2C)s1. The Morgan fingerprint density at radius 2 is 2.10 bits per heavy atom. The molecule has 114 valence electrons. The molecule has 5 heteroatoms. The number of rotatable bonds is 5. The van der Waals surface area contributed by atoms with E-state index in [9.17, 15) is 0 Å². The highest BCUT2D eigenvalue weighted by Crippen LogP contribution is 2.16. The number of thiophene rings is 1. The van der Waals surface area contributed by atoms with Crippen molar-refractivity contribution >= 4 is 17.3 Å². The second-order valence-corrected chi connectivity index (χ2v) is 6.34. The molecule has 0 radical (unpaired) electrons. The van der Waals surface area contributed by atoms with E-state index in [4.69, 9.17) is 0 Å². The number of hydrogen-bond donors (Lipinski definition) is 1. The van der Waals surface area contributed by atoms with E-state index in [0.29, 0.717) is 0 Å². The first-order valence-corrected chi connectivity index (χ1v) is 8.05. The van der Waals surface area contributed by atoms with Gasteiger partial charge >= 0.3 is 0 Å². The minimum absolute atomic E-state index is 0.828. The highest BCUT2D eigenvalue weighted by Gasteiger charge is 2.08. The summed E-state index contributed by atoms with van der Waals surface area (Å²) in [5.74, 6) is 0.919. The maximum Gasteiger partial charge on any atom is 0.194 e. The number of nitrogens with one attached hydrogen (secondary N) is 1. The fourth-order valence-electron chi connectivity index (χ4n) is 2.24. The van der Waals surface area contributed by atoms with E-state index in [1.807, 2.05) is 18.4 Å². The van der Waals surface area contributed by atoms with Crippen LogP contribution in [0.3, 0.4) is 0 Å². The molecule has 0 amide bonds. The molecule has 0 bridgehead atoms. The Balaban J connectivity index is 1.92. The lowest BCUT2D eigenvalue weighted by Gasteiger charge is -2.22. The predicted molar refractivity (Wildman–Crippen MR) is 90.8 cm³/mol. The monoisotopic (exact) mass is 304 g/mol. The molecular formula is C16H24N4S. The Morgan fingerprint density at radius 3 is 2.67 bits per heavy atom. The third-order valence-corrected chi connectivity index (χ3v) is 4.74. The topological polar surface area (TPSA) is 32.6 Å². The normalized spacial score (nSPS) is 11.7. The van der Waals surface area contributed by atoms with Crippen molar-refractivity contribution in [1.82, 2.24) is 14.8 Å². The summed E-state index contributed by atoms with van der Waals surface area (Å²) in [5, 5.41) is 3.43. The van der Waals surface area contributed by atoms with Crippen molar-refractivity contribution in [2.24, 2.45) is 12.0 Å². The van der Waals surface area contributed by atoms with Crippen LogP contribution < -0.4 is 5.32 Å². The quantitative estimate of drug-likeness (QED) is 0.680. The minimum atomic E-state index is 0.828. The van der Waals surface area contributed by atoms with Crippen LogP contribution in [0.4, 0.5) is 0 Å². The summed E-state index contributed by atoms with van der Waals surface area (Å²) >= 11 is 1.86. The molecule has 0 aromatic carbocycles. The Morgan fingerprint density at radius 1 is 1.33 bits per heavy atom. The van der Waals surface area contributed by atoms with Gasteiger partial charge in [-0.2, -0.15) is 0 Å². The van der Waals surface area contributed by atoms with Crippen molar-refractivity contribution in [3.63, 3.8) is 0 Å². The molecule has 0 saturated heterocycles. The molecule has 0 aliphatic heterocycles. The maximum atomic E-state index is 4.37. The van der Waals surface area contributed by atoms with Gasteiger partial charge in [0.25, 0.3) is 0 Å². The Kier molecular flexibility index (Phi) is 5.44. The molecule has 2 rings (SSSR count). The fourth-order valence-corrected chi connectivity index (χ4v) is 3.13. The summed E-state index contributed by atoms with van der Waals surface area (Å²) in [5.41, 5.74) is 1.27. The van der Waals surface area contributed by atoms with E-state index in [2.05, 4.69) is 71.3 Å². The predicted octanol–water partition coefficient (Wildman–Crippen LogP) is 2.86. The van der Waals surface area contributed by atoms with Gasteiger partial charge < -0.3 is 14.8 Å². The van der Waals surface area contributed by atoms with Gasteiger partial charge in [-0.3, -0.25) is 4.99 Å². The zero-order valence-electron chi connectivity index (χ0n) is 13.3. The zero-order valence-corrected chi connectivity index (χ0v) is 14.1. The van der Waals surface area contributed by atoms with Gasteiger partial charge in [-0.1, -0.05) is 6.92 Å². The maximum absolute atomic E-state index is 4.37. The molecular weight excluding hydrogens is 280 g/mol. The summed E-state index contributed by atoms with van der Waals surface area (Å²) in [7, 11) is 5.96. The molecule has 21 heavy (non-hydrogen) atoms. The molecule has 2 aromatic rings. The second-order valence-electron chi connectivity index (χ2n) is 5.09. The lowest BCUT2D eigenvalue weighted by molar-refractivity contribution is 0.462. The van der Waals surface area contributed by atoms with E-state index in [1.165, 1.54) is 15.4 Å². The summed E-state index contributed by atoms with van der Waals surface area (Å²) in [4.78, 5) is 9.29. The molecule has 2 heterocycles. The number of guanidine groups is 1. The van der Waals surface area contributed by atoms with Crippen molar-refractivity contribution in [2.45, 2.75) is 26.4 Å². The van der Waals surface area contributed by atoms with Crippen LogP contribution in [0.25, 0.3) is 0 Å². The molecule has 0 unspecified atom stereocenters. The molecule has 1 N–H and O–H groups in total. The van der Waals surface area contributed by atoms with E-state index in [1.54, 1.807) is 0 Å². The van der Waals surface area contributed by atoms with Gasteiger partial charge in [0.15, 0.2) is 5.96 Å². The van der Waals surface area contributed by atoms with Crippen molar-refractivity contribution < 1.29 is 0 Å². The fraction of sp³-hybridized carbons (Fsp3) is 0.438. The molecule has 0 spiro atoms. The summed E-state index contributed by atoms with van der Waals surface area (Å²) in [6.45, 7) is 3.86. The number of aromatic nitrogens is 1. The average Bonchev–Trinajstić information content (AvgIpc) is 3.09. The van der Waals surface area contributed by atoms with Crippen LogP contribution in [0.15, 0.2) is 35.5 Å². The standard InChI is InChI=1S/C16H24N4S/c1-5-14-8-9-15(21-14)11-18-16(17-2)20(4)12-13-7-6-10-19(13)3/h6-10H,5,11-12H2,1-4H3,(H,17,18). The Bertz CT molecular complexity index is 597. The van der Waals surface area contributed by atoms with E-state index >= 15 is 0 Å². The number of aryl methyl sites for hydroxylation is 2. The summed E-state index contributed by atoms with van der Waals surface area (Å²) in [6, 6.07) is 8.60. The largest absolute Gasteiger partial charge is 0.353 e. The highest BCUT2D eigenvalue weighted by molar-refractivity contribution is 7.11. The van der Waals surface area contributed by atoms with Gasteiger partial charge in [0.1, 0.15) is 0 Å². The second kappa shape index (κ2) is 7.31. The average molecular weight is 304 g/mol. The van der Waals surface area contributed by atoms with Crippen LogP contribution in [0.5, 0.6) is 0 Å². The first-order chi connectivity index (χ1) is 10.1. The lowest BCUT2D eigenvalue weighted by atomic mass is 10.3. The van der Waals surface area contributed by atoms with Gasteiger partial charge in [-0.15, -0.1) is 11.3 Å². The van der Waals surface area contributed by atoms with Crippen LogP contribution in [-0.2, 0) is 26.6 Å². The molecule has 0 saturated carbocycles. The number of aliphatic imine (C=N–C) groups is 1. The zero-order chi connectivity index (χ0) is 15.2. The molecule has 4 nitrogen and oxygen atoms in total. The van der Waals surface area contributed by atoms with Gasteiger partial charge in [0, 0.05) is 42.8 Å². The first-order valence-electron chi connectivity index (χ1n) is 7.23. The van der Waals surface area contributed by atoms with Crippen LogP contribution >= 0.6 is 11.3 Å². The van der Waals surface area contributed by atoms with Gasteiger partial charge in [0.05, 0.1) is 13.1 Å². The molecule has 2 aromatic heterocycles. The van der Waals surface area contributed by atoms with Crippen molar-refractivity contribution in [1.29, 1.82) is 0 Å². The van der Waals surface area contributed by atoms with Crippen molar-refractivity contribution in [3.8, 4) is 0 Å². The lowest BCUT2D eigenvalue weighted by Crippen LogP contribution is -2.38. The highest BCUT2D eigenvalue weighted by atomic mass is 32.1. The van der Waals surface area contributed by atoms with E-state index in [-0.39, 0.29) is 0 Å². The number of nitrogens with zero attached hydrogens (tertiary/aromatic N) is 3. The summed E-state index contributed by atoms with van der Waals surface area (Å²) < 4.78 is 2.14. The van der Waals surface area contributed by atoms with E-state index in [0.717, 1.165) is 25.5 Å². The van der Waals surface area contributed by atoms with Gasteiger partial charge in [-0.05, 0) is 30.7 Å². The van der Waals surface area contributed by atoms with Crippen molar-refractivity contribution in [2.75, 3.05) is 14.1 Å². The Hall–Kier alpha value is -1.75. The third-order valence-electron chi connectivity index (χ3n) is 3.51. The number of hydrogen-bond acceptors (Lipinski definition) is 2. The molecule has 0 fully saturated rings. The van der Waals surface area contributed by atoms with Crippen LogP contribution in [0.2, 0.25) is 0 Å². The van der Waals surface area contributed by atoms with Crippen LogP contribution in [-0.4, -0.2) is 29.5 Å². The molecule has 0 aliphatic rings. The van der Waals surface area contributed by atoms with Crippen LogP contribution in [0, 0.1) is 0 Å². The smallest absolute Gasteiger partial charge is 0.194 e. The van der Waals surface area contributed by atoms with E-state index < -0.39 is 0 Å². The summed E-state index contributed by atoms with van der Waals surface area (Å²) in [6.07, 6.45) is 3.17. The molecule has 0 aliphatic carbocycles. The Labute approximate surface area is 131 Å². The van der Waals surface area contributed by atoms with Gasteiger partial charge in [-0.25, -0.2) is 0 Å². The first kappa shape index (κ1) is 15.6. The third kappa shape index (κ3) is 4.11. The minimum Gasteiger partial charge on any atom is -0.353 e. The molecule has 0 atom stereocenters. The van der Waals surface area contributed by atoms with Crippen molar-refractivity contribution in [3.05, 3.63) is 45.9 Å².